The van der Waals surface area contributed by atoms with Crippen LogP contribution >= 0.6 is 11.6 Å². The second-order valence-electron chi connectivity index (χ2n) is 6.66. The molecule has 0 unspecified atom stereocenters. The van der Waals surface area contributed by atoms with Gasteiger partial charge in [0.2, 0.25) is 0 Å². The molecule has 13 heteroatoms. The van der Waals surface area contributed by atoms with E-state index in [-0.39, 0.29) is 4.90 Å². The number of carbonyl (C=O) groups excluding carboxylic acids is 2. The minimum absolute atomic E-state index is 0.155. The van der Waals surface area contributed by atoms with Crippen LogP contribution in [0.5, 0.6) is 0 Å². The van der Waals surface area contributed by atoms with Crippen molar-refractivity contribution in [3.05, 3.63) is 109 Å². The van der Waals surface area contributed by atoms with E-state index < -0.39 is 66.6 Å². The quantitative estimate of drug-likeness (QED) is 0.256. The first-order chi connectivity index (χ1) is 15.9. The third-order valence-corrected chi connectivity index (χ3v) is 4.90. The highest BCUT2D eigenvalue weighted by atomic mass is 35.5. The van der Waals surface area contributed by atoms with Crippen LogP contribution in [0.15, 0.2) is 66.7 Å². The lowest BCUT2D eigenvalue weighted by atomic mass is 10.1. The first-order valence-electron chi connectivity index (χ1n) is 9.16. The molecule has 0 saturated heterocycles. The molecule has 34 heavy (non-hydrogen) atoms. The predicted molar refractivity (Wildman–Crippen MR) is 114 cm³/mol. The Morgan fingerprint density at radius 3 is 1.65 bits per heavy atom. The molecule has 0 aliphatic heterocycles. The SMILES string of the molecule is O=C(c1ccccc1[N+](=O)[O-])N(C(=O)c1ccccc1[N+](=O)[O-])c1cc(C(F)(F)F)ccc1Cl. The van der Waals surface area contributed by atoms with Crippen LogP contribution in [0.25, 0.3) is 0 Å². The minimum Gasteiger partial charge on any atom is -0.268 e. The average Bonchev–Trinajstić information content (AvgIpc) is 2.79. The molecule has 0 aliphatic rings. The van der Waals surface area contributed by atoms with Crippen LogP contribution in [0.1, 0.15) is 26.3 Å². The molecule has 0 aromatic heterocycles. The maximum Gasteiger partial charge on any atom is 0.416 e. The molecule has 0 saturated carbocycles. The van der Waals surface area contributed by atoms with Gasteiger partial charge in [0, 0.05) is 12.1 Å². The fraction of sp³-hybridized carbons (Fsp3) is 0.0476. The highest BCUT2D eigenvalue weighted by Crippen LogP contribution is 2.37. The Labute approximate surface area is 193 Å². The number of hydrogen-bond acceptors (Lipinski definition) is 6. The number of nitrogens with zero attached hydrogens (tertiary/aromatic N) is 3. The van der Waals surface area contributed by atoms with Gasteiger partial charge >= 0.3 is 6.18 Å². The lowest BCUT2D eigenvalue weighted by molar-refractivity contribution is -0.385. The molecule has 3 rings (SSSR count). The zero-order valence-electron chi connectivity index (χ0n) is 16.7. The topological polar surface area (TPSA) is 124 Å². The number of hydrogen-bond donors (Lipinski definition) is 0. The van der Waals surface area contributed by atoms with Gasteiger partial charge in [-0.3, -0.25) is 29.8 Å². The van der Waals surface area contributed by atoms with E-state index in [1.165, 1.54) is 24.3 Å². The number of halogens is 4. The van der Waals surface area contributed by atoms with E-state index in [1.807, 2.05) is 0 Å². The molecule has 3 aromatic carbocycles. The molecule has 174 valence electrons. The number of carbonyl (C=O) groups is 2. The Hall–Kier alpha value is -4.32. The van der Waals surface area contributed by atoms with Gasteiger partial charge in [-0.2, -0.15) is 13.2 Å². The molecule has 2 amide bonds. The monoisotopic (exact) mass is 493 g/mol. The van der Waals surface area contributed by atoms with Gasteiger partial charge in [-0.15, -0.1) is 0 Å². The van der Waals surface area contributed by atoms with Crippen LogP contribution in [-0.4, -0.2) is 21.7 Å². The van der Waals surface area contributed by atoms with Crippen molar-refractivity contribution in [3.63, 3.8) is 0 Å². The largest absolute Gasteiger partial charge is 0.416 e. The zero-order chi connectivity index (χ0) is 25.2. The summed E-state index contributed by atoms with van der Waals surface area (Å²) < 4.78 is 40.0. The first-order valence-corrected chi connectivity index (χ1v) is 9.53. The van der Waals surface area contributed by atoms with Gasteiger partial charge in [0.1, 0.15) is 11.1 Å². The van der Waals surface area contributed by atoms with E-state index in [2.05, 4.69) is 0 Å². The molecule has 0 bridgehead atoms. The normalized spacial score (nSPS) is 11.1. The molecule has 0 aliphatic carbocycles. The molecule has 0 N–H and O–H groups in total. The van der Waals surface area contributed by atoms with Crippen molar-refractivity contribution in [3.8, 4) is 0 Å². The number of imide groups is 1. The van der Waals surface area contributed by atoms with E-state index in [0.29, 0.717) is 12.1 Å². The standard InChI is InChI=1S/C21H11ClF3N3O6/c22-15-10-9-12(21(23,24)25)11-18(15)26(19(29)13-5-1-3-7-16(13)27(31)32)20(30)14-6-2-4-8-17(14)28(33)34/h1-11H. The third-order valence-electron chi connectivity index (χ3n) is 4.58. The van der Waals surface area contributed by atoms with Crippen LogP contribution < -0.4 is 4.90 Å². The van der Waals surface area contributed by atoms with E-state index in [0.717, 1.165) is 30.3 Å². The molecule has 0 heterocycles. The van der Waals surface area contributed by atoms with Crippen molar-refractivity contribution in [1.29, 1.82) is 0 Å². The second-order valence-corrected chi connectivity index (χ2v) is 7.07. The number of amides is 2. The fourth-order valence-corrected chi connectivity index (χ4v) is 3.24. The van der Waals surface area contributed by atoms with Crippen LogP contribution in [0.2, 0.25) is 5.02 Å². The van der Waals surface area contributed by atoms with Gasteiger partial charge in [0.15, 0.2) is 0 Å². The highest BCUT2D eigenvalue weighted by molar-refractivity contribution is 6.37. The third kappa shape index (κ3) is 4.71. The van der Waals surface area contributed by atoms with Crippen LogP contribution in [-0.2, 0) is 6.18 Å². The van der Waals surface area contributed by atoms with Gasteiger partial charge in [-0.05, 0) is 30.3 Å². The molecule has 9 nitrogen and oxygen atoms in total. The van der Waals surface area contributed by atoms with Crippen LogP contribution in [0.3, 0.4) is 0 Å². The maximum absolute atomic E-state index is 13.4. The minimum atomic E-state index is -4.89. The van der Waals surface area contributed by atoms with Gasteiger partial charge in [0.05, 0.1) is 26.1 Å². The Bertz CT molecular complexity index is 1260. The number of nitro groups is 2. The summed E-state index contributed by atoms with van der Waals surface area (Å²) >= 11 is 6.03. The summed E-state index contributed by atoms with van der Waals surface area (Å²) in [7, 11) is 0. The molecule has 0 spiro atoms. The fourth-order valence-electron chi connectivity index (χ4n) is 3.04. The Balaban J connectivity index is 2.31. The van der Waals surface area contributed by atoms with Crippen molar-refractivity contribution < 1.29 is 32.6 Å². The van der Waals surface area contributed by atoms with E-state index in [9.17, 15) is 43.0 Å². The predicted octanol–water partition coefficient (Wildman–Crippen LogP) is 5.66. The van der Waals surface area contributed by atoms with E-state index >= 15 is 0 Å². The molecule has 0 radical (unpaired) electrons. The van der Waals surface area contributed by atoms with Gasteiger partial charge in [-0.1, -0.05) is 35.9 Å². The summed E-state index contributed by atoms with van der Waals surface area (Å²) in [5, 5.41) is 22.3. The summed E-state index contributed by atoms with van der Waals surface area (Å²) in [5.74, 6) is -2.81. The van der Waals surface area contributed by atoms with Crippen molar-refractivity contribution in [2.45, 2.75) is 6.18 Å². The molecular weight excluding hydrogens is 483 g/mol. The summed E-state index contributed by atoms with van der Waals surface area (Å²) in [5.41, 5.74) is -4.81. The maximum atomic E-state index is 13.4. The molecule has 0 atom stereocenters. The molecule has 0 fully saturated rings. The highest BCUT2D eigenvalue weighted by Gasteiger charge is 2.37. The first kappa shape index (κ1) is 24.3. The van der Waals surface area contributed by atoms with Crippen molar-refractivity contribution >= 4 is 40.5 Å². The van der Waals surface area contributed by atoms with Crippen molar-refractivity contribution in [2.24, 2.45) is 0 Å². The lowest BCUT2D eigenvalue weighted by Crippen LogP contribution is -2.38. The molecular formula is C21H11ClF3N3O6. The average molecular weight is 494 g/mol. The summed E-state index contributed by atoms with van der Waals surface area (Å²) in [6.07, 6.45) is -4.89. The summed E-state index contributed by atoms with van der Waals surface area (Å²) in [6, 6.07) is 10.6. The smallest absolute Gasteiger partial charge is 0.268 e. The van der Waals surface area contributed by atoms with Gasteiger partial charge < -0.3 is 0 Å². The number of para-hydroxylation sites is 2. The summed E-state index contributed by atoms with van der Waals surface area (Å²) in [6.45, 7) is 0. The Kier molecular flexibility index (Phi) is 6.63. The number of rotatable bonds is 5. The van der Waals surface area contributed by atoms with E-state index in [1.54, 1.807) is 0 Å². The van der Waals surface area contributed by atoms with Crippen molar-refractivity contribution in [1.82, 2.24) is 0 Å². The Morgan fingerprint density at radius 1 is 0.794 bits per heavy atom. The number of nitro benzene ring substituents is 2. The second kappa shape index (κ2) is 9.27. The lowest BCUT2D eigenvalue weighted by Gasteiger charge is -2.23. The van der Waals surface area contributed by atoms with Crippen LogP contribution in [0, 0.1) is 20.2 Å². The Morgan fingerprint density at radius 2 is 1.24 bits per heavy atom. The number of alkyl halides is 3. The molecule has 3 aromatic rings. The number of benzene rings is 3. The van der Waals surface area contributed by atoms with E-state index in [4.69, 9.17) is 11.6 Å². The summed E-state index contributed by atoms with van der Waals surface area (Å²) in [4.78, 5) is 47.9. The zero-order valence-corrected chi connectivity index (χ0v) is 17.4. The van der Waals surface area contributed by atoms with Gasteiger partial charge in [-0.25, -0.2) is 4.90 Å². The van der Waals surface area contributed by atoms with Crippen LogP contribution in [0.4, 0.5) is 30.2 Å². The number of anilines is 1. The van der Waals surface area contributed by atoms with Crippen molar-refractivity contribution in [2.75, 3.05) is 4.90 Å². The van der Waals surface area contributed by atoms with Gasteiger partial charge in [0.25, 0.3) is 23.2 Å².